The van der Waals surface area contributed by atoms with Gasteiger partial charge >= 0.3 is 5.97 Å². The van der Waals surface area contributed by atoms with E-state index in [1.54, 1.807) is 6.92 Å². The normalized spacial score (nSPS) is 45.1. The number of aliphatic hydroxyl groups excluding tert-OH is 1. The lowest BCUT2D eigenvalue weighted by molar-refractivity contribution is -0.204. The van der Waals surface area contributed by atoms with Gasteiger partial charge in [-0.2, -0.15) is 5.06 Å². The van der Waals surface area contributed by atoms with E-state index >= 15 is 8.78 Å². The van der Waals surface area contributed by atoms with Gasteiger partial charge in [-0.05, 0) is 73.0 Å². The van der Waals surface area contributed by atoms with Crippen LogP contribution in [0.25, 0.3) is 0 Å². The highest BCUT2D eigenvalue weighted by molar-refractivity contribution is 6.01. The van der Waals surface area contributed by atoms with Gasteiger partial charge in [0.1, 0.15) is 6.17 Å². The molecule has 0 aromatic carbocycles. The molecule has 35 heavy (non-hydrogen) atoms. The van der Waals surface area contributed by atoms with Gasteiger partial charge in [0.25, 0.3) is 0 Å². The Kier molecular flexibility index (Phi) is 6.38. The van der Waals surface area contributed by atoms with Crippen LogP contribution >= 0.6 is 0 Å². The van der Waals surface area contributed by atoms with Gasteiger partial charge in [0, 0.05) is 24.4 Å². The molecule has 0 aromatic rings. The topological polar surface area (TPSA) is 98.1 Å². The fourth-order valence-electron chi connectivity index (χ4n) is 7.88. The van der Waals surface area contributed by atoms with E-state index in [-0.39, 0.29) is 30.4 Å². The van der Waals surface area contributed by atoms with Crippen LogP contribution < -0.4 is 0 Å². The predicted molar refractivity (Wildman–Crippen MR) is 126 cm³/mol. The molecular formula is C27H39F2NO5. The monoisotopic (exact) mass is 495 g/mol. The van der Waals surface area contributed by atoms with E-state index in [4.69, 9.17) is 0 Å². The van der Waals surface area contributed by atoms with Crippen molar-refractivity contribution >= 4 is 11.8 Å². The number of ketones is 1. The van der Waals surface area contributed by atoms with Gasteiger partial charge in [-0.15, -0.1) is 0 Å². The van der Waals surface area contributed by atoms with E-state index in [1.165, 1.54) is 19.1 Å². The summed E-state index contributed by atoms with van der Waals surface area (Å²) < 4.78 is 32.7. The highest BCUT2D eigenvalue weighted by Gasteiger charge is 2.73. The number of carboxylic acids is 1. The first-order valence-corrected chi connectivity index (χ1v) is 12.7. The third-order valence-electron chi connectivity index (χ3n) is 9.63. The van der Waals surface area contributed by atoms with Crippen molar-refractivity contribution in [3.8, 4) is 0 Å². The summed E-state index contributed by atoms with van der Waals surface area (Å²) in [6, 6.07) is 0. The van der Waals surface area contributed by atoms with Crippen LogP contribution in [0.5, 0.6) is 0 Å². The number of hydrogen-bond donors (Lipinski definition) is 3. The molecule has 4 rings (SSSR count). The van der Waals surface area contributed by atoms with Crippen molar-refractivity contribution in [3.05, 3.63) is 23.8 Å². The SMILES string of the molecule is CC(C)(C)CCN(O)C[C@@H]1CC2[C@@H]3C[C@H](F)C4=CC(=O)C=C[C@]4(C)[C@@]3(F)[C@@H](O)C[C@]2(C)[C@H]1C(=O)O. The van der Waals surface area contributed by atoms with Crippen molar-refractivity contribution in [2.45, 2.75) is 78.2 Å². The molecule has 0 bridgehead atoms. The molecule has 1 unspecified atom stereocenters. The average molecular weight is 496 g/mol. The first-order valence-electron chi connectivity index (χ1n) is 12.7. The van der Waals surface area contributed by atoms with Crippen molar-refractivity contribution in [2.75, 3.05) is 13.1 Å². The molecular weight excluding hydrogens is 456 g/mol. The molecule has 0 heterocycles. The number of alkyl halides is 2. The van der Waals surface area contributed by atoms with Crippen LogP contribution in [0.2, 0.25) is 0 Å². The third-order valence-corrected chi connectivity index (χ3v) is 9.63. The quantitative estimate of drug-likeness (QED) is 0.491. The number of carbonyl (C=O) groups is 2. The molecule has 0 amide bonds. The number of fused-ring (bicyclic) bond motifs is 5. The molecule has 3 saturated carbocycles. The molecule has 3 fully saturated rings. The molecule has 0 aliphatic heterocycles. The first kappa shape index (κ1) is 26.4. The van der Waals surface area contributed by atoms with Gasteiger partial charge in [-0.1, -0.05) is 33.8 Å². The Morgan fingerprint density at radius 1 is 1.23 bits per heavy atom. The summed E-state index contributed by atoms with van der Waals surface area (Å²) in [5.74, 6) is -4.20. The van der Waals surface area contributed by atoms with Crippen LogP contribution in [0, 0.1) is 39.9 Å². The summed E-state index contributed by atoms with van der Waals surface area (Å²) in [7, 11) is 0. The smallest absolute Gasteiger partial charge is 0.307 e. The standard InChI is InChI=1S/C27H39F2NO5/c1-24(2,3)8-9-30(35)14-15-10-17-18-12-20(28)19-11-16(31)6-7-26(19,5)27(18,29)21(32)13-25(17,4)22(15)23(33)34/h6-7,11,15,17-18,20-22,32,35H,8-10,12-14H2,1-5H3,(H,33,34)/t15-,17?,18-,20-,21-,22+,25-,26-,27-/m0/s1. The molecule has 9 atom stereocenters. The number of carbonyl (C=O) groups excluding carboxylic acids is 1. The van der Waals surface area contributed by atoms with E-state index in [0.29, 0.717) is 19.4 Å². The van der Waals surface area contributed by atoms with Crippen molar-refractivity contribution in [3.63, 3.8) is 0 Å². The summed E-state index contributed by atoms with van der Waals surface area (Å²) in [5, 5.41) is 33.2. The number of rotatable bonds is 5. The van der Waals surface area contributed by atoms with E-state index in [2.05, 4.69) is 20.8 Å². The molecule has 6 nitrogen and oxygen atoms in total. The fourth-order valence-corrected chi connectivity index (χ4v) is 7.88. The Morgan fingerprint density at radius 3 is 2.49 bits per heavy atom. The van der Waals surface area contributed by atoms with Gasteiger partial charge < -0.3 is 15.4 Å². The number of halogens is 2. The lowest BCUT2D eigenvalue weighted by Gasteiger charge is -2.62. The number of aliphatic carboxylic acids is 1. The summed E-state index contributed by atoms with van der Waals surface area (Å²) in [5.41, 5.74) is -4.62. The predicted octanol–water partition coefficient (Wildman–Crippen LogP) is 4.36. The second-order valence-corrected chi connectivity index (χ2v) is 13.0. The van der Waals surface area contributed by atoms with Gasteiger partial charge in [0.2, 0.25) is 0 Å². The minimum atomic E-state index is -2.23. The maximum atomic E-state index is 17.2. The highest BCUT2D eigenvalue weighted by atomic mass is 19.1. The number of aliphatic hydroxyl groups is 1. The number of carboxylic acid groups (broad SMARTS) is 1. The summed E-state index contributed by atoms with van der Waals surface area (Å²) in [6.45, 7) is 9.98. The van der Waals surface area contributed by atoms with Crippen LogP contribution in [-0.2, 0) is 9.59 Å². The Balaban J connectivity index is 1.69. The van der Waals surface area contributed by atoms with Crippen LogP contribution in [0.3, 0.4) is 0 Å². The van der Waals surface area contributed by atoms with Crippen LogP contribution in [0.15, 0.2) is 23.8 Å². The van der Waals surface area contributed by atoms with Crippen LogP contribution in [0.1, 0.15) is 60.3 Å². The lowest BCUT2D eigenvalue weighted by Crippen LogP contribution is -2.68. The van der Waals surface area contributed by atoms with Gasteiger partial charge in [0.15, 0.2) is 11.5 Å². The van der Waals surface area contributed by atoms with E-state index in [9.17, 15) is 25.0 Å². The van der Waals surface area contributed by atoms with Gasteiger partial charge in [-0.3, -0.25) is 9.59 Å². The zero-order valence-electron chi connectivity index (χ0n) is 21.3. The highest BCUT2D eigenvalue weighted by Crippen LogP contribution is 2.70. The van der Waals surface area contributed by atoms with Gasteiger partial charge in [-0.25, -0.2) is 8.78 Å². The van der Waals surface area contributed by atoms with Crippen LogP contribution in [-0.4, -0.2) is 63.3 Å². The number of allylic oxidation sites excluding steroid dienone is 4. The fraction of sp³-hybridized carbons (Fsp3) is 0.778. The first-order chi connectivity index (χ1) is 16.0. The molecule has 3 N–H and O–H groups in total. The molecule has 0 aromatic heterocycles. The number of nitrogens with zero attached hydrogens (tertiary/aromatic N) is 1. The molecule has 196 valence electrons. The average Bonchev–Trinajstić information content (AvgIpc) is 3.01. The number of hydroxylamine groups is 2. The van der Waals surface area contributed by atoms with E-state index in [0.717, 1.165) is 11.1 Å². The summed E-state index contributed by atoms with van der Waals surface area (Å²) >= 11 is 0. The molecule has 4 aliphatic rings. The van der Waals surface area contributed by atoms with Crippen molar-refractivity contribution in [1.29, 1.82) is 0 Å². The van der Waals surface area contributed by atoms with Gasteiger partial charge in [0.05, 0.1) is 12.0 Å². The molecule has 0 radical (unpaired) electrons. The lowest BCUT2D eigenvalue weighted by atomic mass is 9.45. The summed E-state index contributed by atoms with van der Waals surface area (Å²) in [4.78, 5) is 24.5. The Hall–Kier alpha value is -1.64. The van der Waals surface area contributed by atoms with Crippen molar-refractivity contribution < 1.29 is 33.8 Å². The molecule has 4 aliphatic carbocycles. The van der Waals surface area contributed by atoms with Crippen molar-refractivity contribution in [1.82, 2.24) is 5.06 Å². The number of hydrogen-bond acceptors (Lipinski definition) is 5. The maximum absolute atomic E-state index is 17.2. The second kappa shape index (κ2) is 8.45. The Morgan fingerprint density at radius 2 is 1.89 bits per heavy atom. The largest absolute Gasteiger partial charge is 0.481 e. The minimum absolute atomic E-state index is 0.00539. The summed E-state index contributed by atoms with van der Waals surface area (Å²) in [6.07, 6.45) is 1.46. The van der Waals surface area contributed by atoms with Crippen LogP contribution in [0.4, 0.5) is 8.78 Å². The second-order valence-electron chi connectivity index (χ2n) is 13.0. The zero-order valence-corrected chi connectivity index (χ0v) is 21.3. The van der Waals surface area contributed by atoms with E-state index in [1.807, 2.05) is 0 Å². The molecule has 8 heteroatoms. The third kappa shape index (κ3) is 4.00. The zero-order chi connectivity index (χ0) is 26.1. The minimum Gasteiger partial charge on any atom is -0.481 e. The molecule has 0 saturated heterocycles. The Labute approximate surface area is 206 Å². The van der Waals surface area contributed by atoms with E-state index < -0.39 is 64.2 Å². The maximum Gasteiger partial charge on any atom is 0.307 e. The van der Waals surface area contributed by atoms with Crippen molar-refractivity contribution in [2.24, 2.45) is 39.9 Å². The molecule has 0 spiro atoms. The Bertz CT molecular complexity index is 960.